The predicted molar refractivity (Wildman–Crippen MR) is 78.0 cm³/mol. The number of nitrogens with one attached hydrogen (secondary N) is 1. The summed E-state index contributed by atoms with van der Waals surface area (Å²) in [5.41, 5.74) is 0.313. The molecule has 0 radical (unpaired) electrons. The van der Waals surface area contributed by atoms with E-state index in [2.05, 4.69) is 42.8 Å². The van der Waals surface area contributed by atoms with Crippen LogP contribution in [0.5, 0.6) is 0 Å². The molecule has 0 aromatic carbocycles. The smallest absolute Gasteiger partial charge is 0.0281 e. The first-order chi connectivity index (χ1) is 8.50. The van der Waals surface area contributed by atoms with Crippen molar-refractivity contribution < 1.29 is 0 Å². The molecule has 0 aromatic heterocycles. The summed E-state index contributed by atoms with van der Waals surface area (Å²) < 4.78 is 0. The Balaban J connectivity index is 1.93. The Morgan fingerprint density at radius 2 is 1.78 bits per heavy atom. The minimum absolute atomic E-state index is 0.313. The first-order valence-electron chi connectivity index (χ1n) is 7.70. The van der Waals surface area contributed by atoms with E-state index in [1.165, 1.54) is 39.0 Å². The molecule has 3 heteroatoms. The molecule has 106 valence electrons. The first kappa shape index (κ1) is 14.3. The number of piperazine rings is 1. The second-order valence-electron chi connectivity index (χ2n) is 6.88. The Morgan fingerprint density at radius 3 is 2.44 bits per heavy atom. The lowest BCUT2D eigenvalue weighted by Crippen LogP contribution is -2.59. The van der Waals surface area contributed by atoms with Gasteiger partial charge in [-0.3, -0.25) is 9.80 Å². The quantitative estimate of drug-likeness (QED) is 0.827. The summed E-state index contributed by atoms with van der Waals surface area (Å²) in [6, 6.07) is 0.751. The SMILES string of the molecule is CC1CCCN(CC(C)(C)N2CCNCC2)C1C. The first-order valence-corrected chi connectivity index (χ1v) is 7.70. The van der Waals surface area contributed by atoms with E-state index in [1.54, 1.807) is 0 Å². The highest BCUT2D eigenvalue weighted by Gasteiger charge is 2.33. The number of nitrogens with zero attached hydrogens (tertiary/aromatic N) is 2. The molecule has 0 aromatic rings. The summed E-state index contributed by atoms with van der Waals surface area (Å²) in [5, 5.41) is 3.45. The van der Waals surface area contributed by atoms with Gasteiger partial charge in [-0.15, -0.1) is 0 Å². The van der Waals surface area contributed by atoms with Gasteiger partial charge in [-0.2, -0.15) is 0 Å². The Kier molecular flexibility index (Phi) is 4.68. The zero-order valence-corrected chi connectivity index (χ0v) is 12.7. The average molecular weight is 253 g/mol. The zero-order chi connectivity index (χ0) is 13.2. The molecule has 0 amide bonds. The molecule has 2 saturated heterocycles. The molecular weight excluding hydrogens is 222 g/mol. The third kappa shape index (κ3) is 3.25. The van der Waals surface area contributed by atoms with Crippen molar-refractivity contribution in [3.63, 3.8) is 0 Å². The van der Waals surface area contributed by atoms with Crippen LogP contribution in [0, 0.1) is 5.92 Å². The molecule has 1 N–H and O–H groups in total. The number of piperidine rings is 1. The van der Waals surface area contributed by atoms with Crippen molar-refractivity contribution in [1.82, 2.24) is 15.1 Å². The van der Waals surface area contributed by atoms with Gasteiger partial charge in [-0.25, -0.2) is 0 Å². The van der Waals surface area contributed by atoms with Crippen LogP contribution < -0.4 is 5.32 Å². The van der Waals surface area contributed by atoms with Gasteiger partial charge in [-0.05, 0) is 46.1 Å². The van der Waals surface area contributed by atoms with Gasteiger partial charge in [-0.1, -0.05) is 6.92 Å². The highest BCUT2D eigenvalue weighted by Crippen LogP contribution is 2.26. The van der Waals surface area contributed by atoms with Gasteiger partial charge in [0.05, 0.1) is 0 Å². The number of rotatable bonds is 3. The minimum atomic E-state index is 0.313. The standard InChI is InChI=1S/C15H31N3/c1-13-6-5-9-17(14(13)2)12-15(3,4)18-10-7-16-8-11-18/h13-14,16H,5-12H2,1-4H3. The lowest BCUT2D eigenvalue weighted by atomic mass is 9.90. The fourth-order valence-corrected chi connectivity index (χ4v) is 3.51. The van der Waals surface area contributed by atoms with Gasteiger partial charge >= 0.3 is 0 Å². The Labute approximate surface area is 113 Å². The fraction of sp³-hybridized carbons (Fsp3) is 1.00. The minimum Gasteiger partial charge on any atom is -0.314 e. The van der Waals surface area contributed by atoms with E-state index in [0.29, 0.717) is 5.54 Å². The van der Waals surface area contributed by atoms with Crippen LogP contribution in [0.25, 0.3) is 0 Å². The van der Waals surface area contributed by atoms with E-state index in [4.69, 9.17) is 0 Å². The Hall–Kier alpha value is -0.120. The van der Waals surface area contributed by atoms with E-state index >= 15 is 0 Å². The lowest BCUT2D eigenvalue weighted by Gasteiger charge is -2.47. The summed E-state index contributed by atoms with van der Waals surface area (Å²) in [6.45, 7) is 16.9. The molecule has 2 aliphatic rings. The lowest BCUT2D eigenvalue weighted by molar-refractivity contribution is 0.0242. The van der Waals surface area contributed by atoms with Gasteiger partial charge in [0.2, 0.25) is 0 Å². The molecule has 2 fully saturated rings. The van der Waals surface area contributed by atoms with Crippen molar-refractivity contribution in [2.45, 2.75) is 52.1 Å². The zero-order valence-electron chi connectivity index (χ0n) is 12.7. The van der Waals surface area contributed by atoms with E-state index in [0.717, 1.165) is 25.0 Å². The molecule has 0 spiro atoms. The molecule has 2 rings (SSSR count). The predicted octanol–water partition coefficient (Wildman–Crippen LogP) is 1.79. The van der Waals surface area contributed by atoms with Gasteiger partial charge in [0, 0.05) is 44.3 Å². The third-order valence-electron chi connectivity index (χ3n) is 5.07. The third-order valence-corrected chi connectivity index (χ3v) is 5.07. The maximum Gasteiger partial charge on any atom is 0.0281 e. The monoisotopic (exact) mass is 253 g/mol. The summed E-state index contributed by atoms with van der Waals surface area (Å²) in [5.74, 6) is 0.859. The van der Waals surface area contributed by atoms with Crippen LogP contribution in [-0.2, 0) is 0 Å². The van der Waals surface area contributed by atoms with E-state index < -0.39 is 0 Å². The van der Waals surface area contributed by atoms with Crippen LogP contribution in [0.3, 0.4) is 0 Å². The maximum atomic E-state index is 3.45. The van der Waals surface area contributed by atoms with Crippen molar-refractivity contribution in [3.05, 3.63) is 0 Å². The second kappa shape index (κ2) is 5.89. The Morgan fingerprint density at radius 1 is 1.11 bits per heavy atom. The van der Waals surface area contributed by atoms with Crippen LogP contribution >= 0.6 is 0 Å². The molecule has 18 heavy (non-hydrogen) atoms. The van der Waals surface area contributed by atoms with E-state index in [1.807, 2.05) is 0 Å². The van der Waals surface area contributed by atoms with Gasteiger partial charge in [0.25, 0.3) is 0 Å². The molecule has 2 aliphatic heterocycles. The van der Waals surface area contributed by atoms with Crippen molar-refractivity contribution in [2.75, 3.05) is 39.3 Å². The normalized spacial score (nSPS) is 32.7. The van der Waals surface area contributed by atoms with Crippen LogP contribution in [0.4, 0.5) is 0 Å². The van der Waals surface area contributed by atoms with Crippen LogP contribution in [0.15, 0.2) is 0 Å². The molecule has 2 unspecified atom stereocenters. The molecule has 2 heterocycles. The fourth-order valence-electron chi connectivity index (χ4n) is 3.51. The van der Waals surface area contributed by atoms with Crippen LogP contribution in [0.2, 0.25) is 0 Å². The van der Waals surface area contributed by atoms with Gasteiger partial charge in [0.15, 0.2) is 0 Å². The van der Waals surface area contributed by atoms with Crippen molar-refractivity contribution in [2.24, 2.45) is 5.92 Å². The summed E-state index contributed by atoms with van der Waals surface area (Å²) in [6.07, 6.45) is 2.79. The van der Waals surface area contributed by atoms with Crippen molar-refractivity contribution >= 4 is 0 Å². The second-order valence-corrected chi connectivity index (χ2v) is 6.88. The van der Waals surface area contributed by atoms with E-state index in [-0.39, 0.29) is 0 Å². The maximum absolute atomic E-state index is 3.45. The highest BCUT2D eigenvalue weighted by atomic mass is 15.3. The average Bonchev–Trinajstić information content (AvgIpc) is 2.36. The van der Waals surface area contributed by atoms with Crippen molar-refractivity contribution in [3.8, 4) is 0 Å². The van der Waals surface area contributed by atoms with Gasteiger partial charge in [0.1, 0.15) is 0 Å². The summed E-state index contributed by atoms with van der Waals surface area (Å²) >= 11 is 0. The van der Waals surface area contributed by atoms with Crippen LogP contribution in [0.1, 0.15) is 40.5 Å². The molecular formula is C15H31N3. The summed E-state index contributed by atoms with van der Waals surface area (Å²) in [7, 11) is 0. The molecule has 0 bridgehead atoms. The summed E-state index contributed by atoms with van der Waals surface area (Å²) in [4.78, 5) is 5.38. The molecule has 0 aliphatic carbocycles. The van der Waals surface area contributed by atoms with Crippen molar-refractivity contribution in [1.29, 1.82) is 0 Å². The Bertz CT molecular complexity index is 258. The number of hydrogen-bond acceptors (Lipinski definition) is 3. The number of hydrogen-bond donors (Lipinski definition) is 1. The number of likely N-dealkylation sites (tertiary alicyclic amines) is 1. The molecule has 0 saturated carbocycles. The van der Waals surface area contributed by atoms with Gasteiger partial charge < -0.3 is 5.32 Å². The topological polar surface area (TPSA) is 18.5 Å². The van der Waals surface area contributed by atoms with E-state index in [9.17, 15) is 0 Å². The largest absolute Gasteiger partial charge is 0.314 e. The highest BCUT2D eigenvalue weighted by molar-refractivity contribution is 4.90. The molecule has 3 nitrogen and oxygen atoms in total. The van der Waals surface area contributed by atoms with Crippen LogP contribution in [-0.4, -0.2) is 60.6 Å². The molecule has 2 atom stereocenters.